The highest BCUT2D eigenvalue weighted by atomic mass is 79.9. The molecule has 2 heterocycles. The fourth-order valence-electron chi connectivity index (χ4n) is 3.52. The molecule has 3 aromatic rings. The van der Waals surface area contributed by atoms with E-state index in [1.54, 1.807) is 0 Å². The van der Waals surface area contributed by atoms with Crippen LogP contribution in [0.4, 0.5) is 16.3 Å². The van der Waals surface area contributed by atoms with E-state index in [2.05, 4.69) is 50.2 Å². The summed E-state index contributed by atoms with van der Waals surface area (Å²) in [5, 5.41) is 2.98. The van der Waals surface area contributed by atoms with E-state index in [-0.39, 0.29) is 6.03 Å². The third kappa shape index (κ3) is 4.62. The van der Waals surface area contributed by atoms with Gasteiger partial charge in [-0.2, -0.15) is 0 Å². The van der Waals surface area contributed by atoms with E-state index in [0.29, 0.717) is 13.1 Å². The average Bonchev–Trinajstić information content (AvgIpc) is 2.75. The number of aromatic nitrogens is 2. The lowest BCUT2D eigenvalue weighted by molar-refractivity contribution is 0.208. The number of rotatable bonds is 3. The van der Waals surface area contributed by atoms with Gasteiger partial charge in [0.05, 0.1) is 5.69 Å². The molecule has 1 aliphatic heterocycles. The minimum absolute atomic E-state index is 0.0825. The van der Waals surface area contributed by atoms with Gasteiger partial charge in [-0.1, -0.05) is 35.9 Å². The van der Waals surface area contributed by atoms with Crippen molar-refractivity contribution in [1.82, 2.24) is 14.9 Å². The molecule has 0 bridgehead atoms. The number of benzene rings is 2. The summed E-state index contributed by atoms with van der Waals surface area (Å²) < 4.78 is 0.872. The molecule has 1 fully saturated rings. The SMILES string of the molecule is Cc1cccc(-c2nc(C)cc(N3CCN(C(=O)Nc4ccccc4Br)CC3)n2)c1. The Bertz CT molecular complexity index is 1060. The zero-order valence-corrected chi connectivity index (χ0v) is 18.7. The van der Waals surface area contributed by atoms with Crippen molar-refractivity contribution in [2.24, 2.45) is 0 Å². The standard InChI is InChI=1S/C23H24BrN5O/c1-16-6-5-7-18(14-16)22-25-17(2)15-21(27-22)28-10-12-29(13-11-28)23(30)26-20-9-4-3-8-19(20)24/h3-9,14-15H,10-13H2,1-2H3,(H,26,30). The molecule has 154 valence electrons. The van der Waals surface area contributed by atoms with Crippen LogP contribution in [0.2, 0.25) is 0 Å². The minimum Gasteiger partial charge on any atom is -0.353 e. The maximum Gasteiger partial charge on any atom is 0.321 e. The van der Waals surface area contributed by atoms with Gasteiger partial charge in [-0.15, -0.1) is 0 Å². The predicted octanol–water partition coefficient (Wildman–Crippen LogP) is 4.88. The first-order valence-corrected chi connectivity index (χ1v) is 10.8. The summed E-state index contributed by atoms with van der Waals surface area (Å²) in [5.74, 6) is 1.65. The normalized spacial score (nSPS) is 14.0. The Morgan fingerprint density at radius 3 is 2.47 bits per heavy atom. The van der Waals surface area contributed by atoms with Gasteiger partial charge < -0.3 is 15.1 Å². The number of amides is 2. The third-order valence-corrected chi connectivity index (χ3v) is 5.81. The molecule has 6 nitrogen and oxygen atoms in total. The van der Waals surface area contributed by atoms with E-state index in [4.69, 9.17) is 4.98 Å². The van der Waals surface area contributed by atoms with Crippen molar-refractivity contribution < 1.29 is 4.79 Å². The number of halogens is 1. The number of aryl methyl sites for hydroxylation is 2. The molecule has 0 unspecified atom stereocenters. The zero-order chi connectivity index (χ0) is 21.1. The van der Waals surface area contributed by atoms with Gasteiger partial charge in [-0.3, -0.25) is 0 Å². The van der Waals surface area contributed by atoms with Crippen molar-refractivity contribution in [3.05, 3.63) is 70.3 Å². The second-order valence-corrected chi connectivity index (χ2v) is 8.30. The molecule has 0 atom stereocenters. The molecule has 1 aromatic heterocycles. The van der Waals surface area contributed by atoms with Crippen LogP contribution >= 0.6 is 15.9 Å². The first-order chi connectivity index (χ1) is 14.5. The first-order valence-electron chi connectivity index (χ1n) is 9.98. The number of anilines is 2. The number of carbonyl (C=O) groups excluding carboxylic acids is 1. The largest absolute Gasteiger partial charge is 0.353 e. The number of nitrogens with one attached hydrogen (secondary N) is 1. The van der Waals surface area contributed by atoms with Crippen LogP contribution in [0.3, 0.4) is 0 Å². The molecule has 30 heavy (non-hydrogen) atoms. The maximum absolute atomic E-state index is 12.6. The molecule has 7 heteroatoms. The Kier molecular flexibility index (Phi) is 5.99. The van der Waals surface area contributed by atoms with Crippen molar-refractivity contribution in [1.29, 1.82) is 0 Å². The van der Waals surface area contributed by atoms with E-state index in [0.717, 1.165) is 46.1 Å². The molecule has 4 rings (SSSR count). The lowest BCUT2D eigenvalue weighted by Crippen LogP contribution is -2.50. The van der Waals surface area contributed by atoms with Crippen LogP contribution in [0.1, 0.15) is 11.3 Å². The smallest absolute Gasteiger partial charge is 0.321 e. The van der Waals surface area contributed by atoms with Crippen LogP contribution in [-0.4, -0.2) is 47.1 Å². The van der Waals surface area contributed by atoms with E-state index < -0.39 is 0 Å². The quantitative estimate of drug-likeness (QED) is 0.598. The summed E-state index contributed by atoms with van der Waals surface area (Å²) in [6, 6.07) is 17.8. The van der Waals surface area contributed by atoms with Gasteiger partial charge in [0.2, 0.25) is 0 Å². The van der Waals surface area contributed by atoms with Crippen molar-refractivity contribution >= 4 is 33.5 Å². The Labute approximate surface area is 185 Å². The summed E-state index contributed by atoms with van der Waals surface area (Å²) in [5.41, 5.74) is 3.92. The highest BCUT2D eigenvalue weighted by Crippen LogP contribution is 2.24. The topological polar surface area (TPSA) is 61.4 Å². The fraction of sp³-hybridized carbons (Fsp3) is 0.261. The summed E-state index contributed by atoms with van der Waals surface area (Å²) >= 11 is 3.47. The van der Waals surface area contributed by atoms with Gasteiger partial charge in [0.15, 0.2) is 5.82 Å². The molecule has 1 N–H and O–H groups in total. The van der Waals surface area contributed by atoms with Crippen molar-refractivity contribution in [3.63, 3.8) is 0 Å². The van der Waals surface area contributed by atoms with Crippen LogP contribution in [0, 0.1) is 13.8 Å². The van der Waals surface area contributed by atoms with Crippen LogP contribution in [0.25, 0.3) is 11.4 Å². The molecule has 2 amide bonds. The maximum atomic E-state index is 12.6. The third-order valence-electron chi connectivity index (χ3n) is 5.12. The van der Waals surface area contributed by atoms with Crippen LogP contribution in [0.15, 0.2) is 59.1 Å². The van der Waals surface area contributed by atoms with Crippen molar-refractivity contribution in [2.45, 2.75) is 13.8 Å². The number of nitrogens with zero attached hydrogens (tertiary/aromatic N) is 4. The number of hydrogen-bond acceptors (Lipinski definition) is 4. The van der Waals surface area contributed by atoms with E-state index >= 15 is 0 Å². The highest BCUT2D eigenvalue weighted by Gasteiger charge is 2.23. The Morgan fingerprint density at radius 1 is 0.967 bits per heavy atom. The van der Waals surface area contributed by atoms with Gasteiger partial charge in [-0.05, 0) is 48.0 Å². The summed E-state index contributed by atoms with van der Waals surface area (Å²) in [6.07, 6.45) is 0. The highest BCUT2D eigenvalue weighted by molar-refractivity contribution is 9.10. The lowest BCUT2D eigenvalue weighted by atomic mass is 10.1. The molecule has 0 spiro atoms. The van der Waals surface area contributed by atoms with Gasteiger partial charge >= 0.3 is 6.03 Å². The number of para-hydroxylation sites is 1. The molecule has 1 saturated heterocycles. The second-order valence-electron chi connectivity index (χ2n) is 7.44. The lowest BCUT2D eigenvalue weighted by Gasteiger charge is -2.35. The van der Waals surface area contributed by atoms with Crippen molar-refractivity contribution in [3.8, 4) is 11.4 Å². The summed E-state index contributed by atoms with van der Waals surface area (Å²) in [6.45, 7) is 6.79. The molecular weight excluding hydrogens is 442 g/mol. The van der Waals surface area contributed by atoms with Crippen LogP contribution < -0.4 is 10.2 Å². The van der Waals surface area contributed by atoms with Gasteiger partial charge in [0, 0.05) is 48.0 Å². The molecular formula is C23H24BrN5O. The number of urea groups is 1. The molecule has 0 saturated carbocycles. The molecule has 1 aliphatic rings. The number of carbonyl (C=O) groups is 1. The van der Waals surface area contributed by atoms with Gasteiger partial charge in [0.1, 0.15) is 5.82 Å². The summed E-state index contributed by atoms with van der Waals surface area (Å²) in [4.78, 5) is 26.1. The second kappa shape index (κ2) is 8.83. The fourth-order valence-corrected chi connectivity index (χ4v) is 3.91. The Balaban J connectivity index is 1.44. The monoisotopic (exact) mass is 465 g/mol. The van der Waals surface area contributed by atoms with Gasteiger partial charge in [-0.25, -0.2) is 14.8 Å². The number of piperazine rings is 1. The average molecular weight is 466 g/mol. The predicted molar refractivity (Wildman–Crippen MR) is 124 cm³/mol. The summed E-state index contributed by atoms with van der Waals surface area (Å²) in [7, 11) is 0. The number of hydrogen-bond donors (Lipinski definition) is 1. The molecule has 0 aliphatic carbocycles. The van der Waals surface area contributed by atoms with Crippen LogP contribution in [0.5, 0.6) is 0 Å². The first kappa shape index (κ1) is 20.3. The molecule has 2 aromatic carbocycles. The molecule has 0 radical (unpaired) electrons. The van der Waals surface area contributed by atoms with E-state index in [1.165, 1.54) is 5.56 Å². The zero-order valence-electron chi connectivity index (χ0n) is 17.1. The van der Waals surface area contributed by atoms with Crippen LogP contribution in [-0.2, 0) is 0 Å². The van der Waals surface area contributed by atoms with E-state index in [1.807, 2.05) is 54.3 Å². The van der Waals surface area contributed by atoms with Crippen molar-refractivity contribution in [2.75, 3.05) is 36.4 Å². The Morgan fingerprint density at radius 2 is 1.73 bits per heavy atom. The Hall–Kier alpha value is -2.93. The van der Waals surface area contributed by atoms with E-state index in [9.17, 15) is 4.79 Å². The minimum atomic E-state index is -0.0825. The van der Waals surface area contributed by atoms with Gasteiger partial charge in [0.25, 0.3) is 0 Å².